The number of rotatable bonds is 2. The van der Waals surface area contributed by atoms with E-state index in [9.17, 15) is 13.2 Å². The normalized spacial score (nSPS) is 19.4. The van der Waals surface area contributed by atoms with Crippen molar-refractivity contribution in [1.29, 1.82) is 0 Å². The van der Waals surface area contributed by atoms with Crippen molar-refractivity contribution in [2.75, 3.05) is 16.2 Å². The number of anilines is 2. The number of hydrogen-bond acceptors (Lipinski definition) is 3. The molecule has 0 radical (unpaired) electrons. The van der Waals surface area contributed by atoms with Crippen LogP contribution in [0.5, 0.6) is 0 Å². The van der Waals surface area contributed by atoms with Gasteiger partial charge < -0.3 is 5.32 Å². The van der Waals surface area contributed by atoms with Gasteiger partial charge in [0.25, 0.3) is 10.0 Å². The first-order valence-corrected chi connectivity index (χ1v) is 10.3. The zero-order chi connectivity index (χ0) is 17.8. The van der Waals surface area contributed by atoms with E-state index >= 15 is 0 Å². The minimum atomic E-state index is -3.69. The van der Waals surface area contributed by atoms with Crippen LogP contribution in [0.15, 0.2) is 45.8 Å². The van der Waals surface area contributed by atoms with E-state index in [2.05, 4.69) is 21.2 Å². The maximum absolute atomic E-state index is 13.3. The summed E-state index contributed by atoms with van der Waals surface area (Å²) in [6, 6.07) is 11.0. The molecule has 2 heterocycles. The second kappa shape index (κ2) is 5.85. The number of aryl methyl sites for hydroxylation is 1. The summed E-state index contributed by atoms with van der Waals surface area (Å²) in [7, 11) is -3.69. The molecule has 0 aliphatic carbocycles. The van der Waals surface area contributed by atoms with E-state index in [1.54, 1.807) is 12.1 Å². The summed E-state index contributed by atoms with van der Waals surface area (Å²) in [6.45, 7) is 2.47. The Morgan fingerprint density at radius 2 is 1.96 bits per heavy atom. The number of para-hydroxylation sites is 1. The standard InChI is InChI=1S/C18H17BrN2O3S/c1-11-10-21(16-5-3-2-4-13(11)16)25(23,24)17-8-12-6-7-18(22)20-15(12)9-14(17)19/h2-5,8-9,11H,6-7,10H2,1H3,(H,20,22). The van der Waals surface area contributed by atoms with E-state index in [0.717, 1.165) is 16.8 Å². The Hall–Kier alpha value is -1.86. The van der Waals surface area contributed by atoms with Gasteiger partial charge in [0, 0.05) is 29.0 Å². The smallest absolute Gasteiger partial charge is 0.265 e. The Balaban J connectivity index is 1.81. The van der Waals surface area contributed by atoms with Gasteiger partial charge in [-0.3, -0.25) is 9.10 Å². The van der Waals surface area contributed by atoms with E-state index in [1.807, 2.05) is 31.2 Å². The number of carbonyl (C=O) groups excluding carboxylic acids is 1. The van der Waals surface area contributed by atoms with Crippen molar-refractivity contribution in [2.45, 2.75) is 30.6 Å². The SMILES string of the molecule is CC1CN(S(=O)(=O)c2cc3c(cc2Br)NC(=O)CC3)c2ccccc21. The zero-order valence-electron chi connectivity index (χ0n) is 13.6. The summed E-state index contributed by atoms with van der Waals surface area (Å²) in [6.07, 6.45) is 0.918. The molecular weight excluding hydrogens is 404 g/mol. The van der Waals surface area contributed by atoms with Crippen LogP contribution >= 0.6 is 15.9 Å². The molecular formula is C18H17BrN2O3S. The van der Waals surface area contributed by atoms with Gasteiger partial charge in [0.05, 0.1) is 5.69 Å². The van der Waals surface area contributed by atoms with Crippen molar-refractivity contribution in [3.63, 3.8) is 0 Å². The molecule has 1 amide bonds. The number of nitrogens with one attached hydrogen (secondary N) is 1. The lowest BCUT2D eigenvalue weighted by atomic mass is 10.0. The van der Waals surface area contributed by atoms with Crippen molar-refractivity contribution in [3.05, 3.63) is 52.0 Å². The van der Waals surface area contributed by atoms with Crippen LogP contribution in [0.4, 0.5) is 11.4 Å². The zero-order valence-corrected chi connectivity index (χ0v) is 16.0. The summed E-state index contributed by atoms with van der Waals surface area (Å²) in [5.74, 6) is 0.110. The summed E-state index contributed by atoms with van der Waals surface area (Å²) >= 11 is 3.38. The van der Waals surface area contributed by atoms with E-state index in [4.69, 9.17) is 0 Å². The largest absolute Gasteiger partial charge is 0.326 e. The Morgan fingerprint density at radius 1 is 1.20 bits per heavy atom. The van der Waals surface area contributed by atoms with E-state index in [0.29, 0.717) is 29.5 Å². The van der Waals surface area contributed by atoms with Crippen LogP contribution in [0.25, 0.3) is 0 Å². The Morgan fingerprint density at radius 3 is 2.76 bits per heavy atom. The number of halogens is 1. The molecule has 2 aromatic rings. The van der Waals surface area contributed by atoms with Crippen LogP contribution in [-0.4, -0.2) is 20.9 Å². The molecule has 1 unspecified atom stereocenters. The van der Waals surface area contributed by atoms with Gasteiger partial charge in [-0.25, -0.2) is 8.42 Å². The van der Waals surface area contributed by atoms with Gasteiger partial charge in [-0.15, -0.1) is 0 Å². The van der Waals surface area contributed by atoms with Crippen molar-refractivity contribution in [1.82, 2.24) is 0 Å². The minimum absolute atomic E-state index is 0.0442. The van der Waals surface area contributed by atoms with Crippen LogP contribution in [0, 0.1) is 0 Å². The topological polar surface area (TPSA) is 66.5 Å². The second-order valence-corrected chi connectivity index (χ2v) is 9.17. The maximum Gasteiger partial charge on any atom is 0.265 e. The Bertz CT molecular complexity index is 988. The highest BCUT2D eigenvalue weighted by Crippen LogP contribution is 2.41. The van der Waals surface area contributed by atoms with Gasteiger partial charge in [0.15, 0.2) is 0 Å². The average Bonchev–Trinajstić information content (AvgIpc) is 2.92. The van der Waals surface area contributed by atoms with E-state index in [1.165, 1.54) is 4.31 Å². The molecule has 1 atom stereocenters. The van der Waals surface area contributed by atoms with E-state index in [-0.39, 0.29) is 16.7 Å². The highest BCUT2D eigenvalue weighted by atomic mass is 79.9. The molecule has 0 spiro atoms. The van der Waals surface area contributed by atoms with Crippen molar-refractivity contribution in [3.8, 4) is 0 Å². The van der Waals surface area contributed by atoms with Crippen LogP contribution < -0.4 is 9.62 Å². The Kier molecular flexibility index (Phi) is 3.88. The highest BCUT2D eigenvalue weighted by molar-refractivity contribution is 9.10. The van der Waals surface area contributed by atoms with Gasteiger partial charge in [-0.1, -0.05) is 25.1 Å². The number of fused-ring (bicyclic) bond motifs is 2. The van der Waals surface area contributed by atoms with Gasteiger partial charge in [0.2, 0.25) is 5.91 Å². The number of benzene rings is 2. The molecule has 2 aliphatic rings. The summed E-state index contributed by atoms with van der Waals surface area (Å²) in [5, 5.41) is 2.79. The molecule has 1 N–H and O–H groups in total. The van der Waals surface area contributed by atoms with Crippen LogP contribution in [0.2, 0.25) is 0 Å². The fourth-order valence-electron chi connectivity index (χ4n) is 3.50. The third-order valence-corrected chi connectivity index (χ3v) is 7.54. The lowest BCUT2D eigenvalue weighted by Crippen LogP contribution is -2.30. The maximum atomic E-state index is 13.3. The van der Waals surface area contributed by atoms with Gasteiger partial charge in [-0.05, 0) is 51.7 Å². The lowest BCUT2D eigenvalue weighted by molar-refractivity contribution is -0.116. The number of carbonyl (C=O) groups is 1. The minimum Gasteiger partial charge on any atom is -0.326 e. The van der Waals surface area contributed by atoms with Gasteiger partial charge in [-0.2, -0.15) is 0 Å². The summed E-state index contributed by atoms with van der Waals surface area (Å²) < 4.78 is 28.6. The van der Waals surface area contributed by atoms with Crippen molar-refractivity contribution in [2.24, 2.45) is 0 Å². The molecule has 0 aromatic heterocycles. The van der Waals surface area contributed by atoms with Crippen LogP contribution in [0.1, 0.15) is 30.4 Å². The first-order valence-electron chi connectivity index (χ1n) is 8.12. The van der Waals surface area contributed by atoms with Crippen molar-refractivity contribution < 1.29 is 13.2 Å². The predicted molar refractivity (Wildman–Crippen MR) is 100 cm³/mol. The molecule has 0 fully saturated rings. The predicted octanol–water partition coefficient (Wildman–Crippen LogP) is 3.65. The molecule has 0 bridgehead atoms. The number of hydrogen-bond donors (Lipinski definition) is 1. The highest BCUT2D eigenvalue weighted by Gasteiger charge is 2.36. The number of nitrogens with zero attached hydrogens (tertiary/aromatic N) is 1. The molecule has 25 heavy (non-hydrogen) atoms. The van der Waals surface area contributed by atoms with Crippen LogP contribution in [-0.2, 0) is 21.2 Å². The summed E-state index contributed by atoms with van der Waals surface area (Å²) in [4.78, 5) is 11.8. The van der Waals surface area contributed by atoms with Crippen molar-refractivity contribution >= 4 is 43.2 Å². The first-order chi connectivity index (χ1) is 11.9. The Labute approximate surface area is 155 Å². The molecule has 0 saturated heterocycles. The number of sulfonamides is 1. The number of amides is 1. The quantitative estimate of drug-likeness (QED) is 0.805. The third kappa shape index (κ3) is 2.66. The molecule has 0 saturated carbocycles. The second-order valence-electron chi connectivity index (χ2n) is 6.48. The van der Waals surface area contributed by atoms with Gasteiger partial charge >= 0.3 is 0 Å². The molecule has 2 aliphatic heterocycles. The molecule has 130 valence electrons. The molecule has 7 heteroatoms. The van der Waals surface area contributed by atoms with Crippen LogP contribution in [0.3, 0.4) is 0 Å². The lowest BCUT2D eigenvalue weighted by Gasteiger charge is -2.23. The monoisotopic (exact) mass is 420 g/mol. The molecule has 5 nitrogen and oxygen atoms in total. The fourth-order valence-corrected chi connectivity index (χ4v) is 6.14. The average molecular weight is 421 g/mol. The van der Waals surface area contributed by atoms with Gasteiger partial charge in [0.1, 0.15) is 4.90 Å². The third-order valence-electron chi connectivity index (χ3n) is 4.80. The fraction of sp³-hybridized carbons (Fsp3) is 0.278. The summed E-state index contributed by atoms with van der Waals surface area (Å²) in [5.41, 5.74) is 3.32. The molecule has 4 rings (SSSR count). The molecule has 2 aromatic carbocycles. The first kappa shape index (κ1) is 16.6. The van der Waals surface area contributed by atoms with E-state index < -0.39 is 10.0 Å².